The van der Waals surface area contributed by atoms with Gasteiger partial charge in [-0.15, -0.1) is 0 Å². The van der Waals surface area contributed by atoms with E-state index < -0.39 is 0 Å². The van der Waals surface area contributed by atoms with Gasteiger partial charge in [-0.2, -0.15) is 0 Å². The fourth-order valence-electron chi connectivity index (χ4n) is 2.27. The molecule has 0 fully saturated rings. The van der Waals surface area contributed by atoms with Gasteiger partial charge in [0.15, 0.2) is 0 Å². The number of hydrogen-bond acceptors (Lipinski definition) is 3. The molecule has 20 heavy (non-hydrogen) atoms. The average molecular weight is 338 g/mol. The van der Waals surface area contributed by atoms with Gasteiger partial charge in [-0.25, -0.2) is 0 Å². The van der Waals surface area contributed by atoms with Crippen LogP contribution in [0, 0.1) is 6.92 Å². The van der Waals surface area contributed by atoms with Crippen LogP contribution in [0.1, 0.15) is 36.8 Å². The van der Waals surface area contributed by atoms with Crippen molar-refractivity contribution in [1.29, 1.82) is 0 Å². The van der Waals surface area contributed by atoms with Crippen molar-refractivity contribution in [3.05, 3.63) is 51.9 Å². The maximum Gasteiger partial charge on any atom is 0.133 e. The number of nitrogens with one attached hydrogen (secondary N) is 1. The molecule has 4 heteroatoms. The van der Waals surface area contributed by atoms with Crippen molar-refractivity contribution in [3.63, 3.8) is 0 Å². The minimum atomic E-state index is 0.130. The molecule has 0 saturated heterocycles. The topological polar surface area (TPSA) is 34.4 Å². The third-order valence-corrected chi connectivity index (χ3v) is 3.83. The SMILES string of the molecule is CCNC(c1ccc(OCC)c(Br)c1)c1ccoc1C. The zero-order chi connectivity index (χ0) is 14.5. The summed E-state index contributed by atoms with van der Waals surface area (Å²) in [6, 6.07) is 8.35. The molecule has 108 valence electrons. The number of furan rings is 1. The number of benzene rings is 1. The van der Waals surface area contributed by atoms with Crippen LogP contribution in [0.4, 0.5) is 0 Å². The highest BCUT2D eigenvalue weighted by Gasteiger charge is 2.18. The molecule has 0 radical (unpaired) electrons. The number of hydrogen-bond donors (Lipinski definition) is 1. The summed E-state index contributed by atoms with van der Waals surface area (Å²) in [6.07, 6.45) is 1.73. The van der Waals surface area contributed by atoms with Crippen molar-refractivity contribution in [1.82, 2.24) is 5.32 Å². The molecule has 2 rings (SSSR count). The van der Waals surface area contributed by atoms with E-state index in [2.05, 4.69) is 40.3 Å². The summed E-state index contributed by atoms with van der Waals surface area (Å²) in [5.41, 5.74) is 2.36. The highest BCUT2D eigenvalue weighted by atomic mass is 79.9. The van der Waals surface area contributed by atoms with Crippen molar-refractivity contribution in [2.75, 3.05) is 13.2 Å². The Morgan fingerprint density at radius 1 is 1.30 bits per heavy atom. The Bertz CT molecular complexity index is 565. The first-order valence-electron chi connectivity index (χ1n) is 6.87. The first-order chi connectivity index (χ1) is 9.67. The van der Waals surface area contributed by atoms with Gasteiger partial charge in [0, 0.05) is 5.56 Å². The zero-order valence-electron chi connectivity index (χ0n) is 12.1. The number of ether oxygens (including phenoxy) is 1. The Labute approximate surface area is 128 Å². The first kappa shape index (κ1) is 15.1. The molecule has 1 unspecified atom stereocenters. The predicted octanol–water partition coefficient (Wildman–Crippen LogP) is 4.45. The molecular formula is C16H20BrNO2. The first-order valence-corrected chi connectivity index (χ1v) is 7.66. The molecule has 3 nitrogen and oxygen atoms in total. The molecule has 2 aromatic rings. The molecular weight excluding hydrogens is 318 g/mol. The Morgan fingerprint density at radius 2 is 2.10 bits per heavy atom. The molecule has 1 heterocycles. The zero-order valence-corrected chi connectivity index (χ0v) is 13.7. The van der Waals surface area contributed by atoms with Crippen LogP contribution in [0.2, 0.25) is 0 Å². The predicted molar refractivity (Wildman–Crippen MR) is 84.3 cm³/mol. The Morgan fingerprint density at radius 3 is 2.65 bits per heavy atom. The standard InChI is InChI=1S/C16H20BrNO2/c1-4-18-16(13-8-9-20-11(13)3)12-6-7-15(19-5-2)14(17)10-12/h6-10,16,18H,4-5H2,1-3H3. The van der Waals surface area contributed by atoms with Crippen LogP contribution in [0.15, 0.2) is 39.4 Å². The summed E-state index contributed by atoms with van der Waals surface area (Å²) < 4.78 is 12.0. The van der Waals surface area contributed by atoms with Gasteiger partial charge < -0.3 is 14.5 Å². The van der Waals surface area contributed by atoms with E-state index in [1.807, 2.05) is 26.0 Å². The lowest BCUT2D eigenvalue weighted by Crippen LogP contribution is -2.22. The van der Waals surface area contributed by atoms with Gasteiger partial charge in [-0.1, -0.05) is 13.0 Å². The van der Waals surface area contributed by atoms with Crippen molar-refractivity contribution >= 4 is 15.9 Å². The third-order valence-electron chi connectivity index (χ3n) is 3.21. The lowest BCUT2D eigenvalue weighted by Gasteiger charge is -2.19. The average Bonchev–Trinajstić information content (AvgIpc) is 2.85. The van der Waals surface area contributed by atoms with E-state index in [9.17, 15) is 0 Å². The minimum Gasteiger partial charge on any atom is -0.493 e. The third kappa shape index (κ3) is 3.25. The van der Waals surface area contributed by atoms with E-state index >= 15 is 0 Å². The van der Waals surface area contributed by atoms with E-state index in [0.717, 1.165) is 22.5 Å². The van der Waals surface area contributed by atoms with Crippen LogP contribution in [-0.4, -0.2) is 13.2 Å². The number of aryl methyl sites for hydroxylation is 1. The molecule has 0 amide bonds. The van der Waals surface area contributed by atoms with Crippen LogP contribution >= 0.6 is 15.9 Å². The molecule has 1 atom stereocenters. The van der Waals surface area contributed by atoms with E-state index in [-0.39, 0.29) is 6.04 Å². The summed E-state index contributed by atoms with van der Waals surface area (Å²) in [4.78, 5) is 0. The number of halogens is 1. The van der Waals surface area contributed by atoms with Crippen molar-refractivity contribution in [3.8, 4) is 5.75 Å². The van der Waals surface area contributed by atoms with Crippen molar-refractivity contribution in [2.24, 2.45) is 0 Å². The molecule has 0 aliphatic heterocycles. The van der Waals surface area contributed by atoms with E-state index in [1.165, 1.54) is 11.1 Å². The van der Waals surface area contributed by atoms with Gasteiger partial charge in [0.2, 0.25) is 0 Å². The van der Waals surface area contributed by atoms with Crippen LogP contribution in [-0.2, 0) is 0 Å². The lowest BCUT2D eigenvalue weighted by molar-refractivity contribution is 0.338. The fraction of sp³-hybridized carbons (Fsp3) is 0.375. The second kappa shape index (κ2) is 6.95. The number of rotatable bonds is 6. The summed E-state index contributed by atoms with van der Waals surface area (Å²) in [5.74, 6) is 1.82. The van der Waals surface area contributed by atoms with Gasteiger partial charge in [0.1, 0.15) is 11.5 Å². The quantitative estimate of drug-likeness (QED) is 0.845. The Kier molecular flexibility index (Phi) is 5.26. The largest absolute Gasteiger partial charge is 0.493 e. The van der Waals surface area contributed by atoms with Gasteiger partial charge in [0.05, 0.1) is 23.4 Å². The maximum atomic E-state index is 5.56. The molecule has 0 saturated carbocycles. The Hall–Kier alpha value is -1.26. The fourth-order valence-corrected chi connectivity index (χ4v) is 2.79. The monoisotopic (exact) mass is 337 g/mol. The van der Waals surface area contributed by atoms with Gasteiger partial charge >= 0.3 is 0 Å². The summed E-state index contributed by atoms with van der Waals surface area (Å²) >= 11 is 3.57. The van der Waals surface area contributed by atoms with Crippen LogP contribution in [0.3, 0.4) is 0 Å². The lowest BCUT2D eigenvalue weighted by atomic mass is 9.99. The highest BCUT2D eigenvalue weighted by molar-refractivity contribution is 9.10. The molecule has 1 aromatic heterocycles. The highest BCUT2D eigenvalue weighted by Crippen LogP contribution is 2.32. The molecule has 0 spiro atoms. The second-order valence-electron chi connectivity index (χ2n) is 4.55. The molecule has 1 aromatic carbocycles. The summed E-state index contributed by atoms with van der Waals surface area (Å²) in [5, 5.41) is 3.50. The summed E-state index contributed by atoms with van der Waals surface area (Å²) in [7, 11) is 0. The van der Waals surface area contributed by atoms with E-state index in [4.69, 9.17) is 9.15 Å². The van der Waals surface area contributed by atoms with Crippen molar-refractivity contribution < 1.29 is 9.15 Å². The molecule has 0 aliphatic carbocycles. The van der Waals surface area contributed by atoms with Gasteiger partial charge in [-0.05, 0) is 60.1 Å². The molecule has 0 aliphatic rings. The van der Waals surface area contributed by atoms with Crippen molar-refractivity contribution in [2.45, 2.75) is 26.8 Å². The second-order valence-corrected chi connectivity index (χ2v) is 5.40. The Balaban J connectivity index is 2.35. The van der Waals surface area contributed by atoms with Crippen LogP contribution < -0.4 is 10.1 Å². The molecule has 0 bridgehead atoms. The van der Waals surface area contributed by atoms with E-state index in [1.54, 1.807) is 6.26 Å². The maximum absolute atomic E-state index is 5.56. The molecule has 1 N–H and O–H groups in total. The van der Waals surface area contributed by atoms with Gasteiger partial charge in [-0.3, -0.25) is 0 Å². The normalized spacial score (nSPS) is 12.4. The minimum absolute atomic E-state index is 0.130. The van der Waals surface area contributed by atoms with E-state index in [0.29, 0.717) is 6.61 Å². The van der Waals surface area contributed by atoms with Crippen LogP contribution in [0.25, 0.3) is 0 Å². The summed E-state index contributed by atoms with van der Waals surface area (Å²) in [6.45, 7) is 7.63. The van der Waals surface area contributed by atoms with Gasteiger partial charge in [0.25, 0.3) is 0 Å². The van der Waals surface area contributed by atoms with Crippen LogP contribution in [0.5, 0.6) is 5.75 Å². The smallest absolute Gasteiger partial charge is 0.133 e.